The van der Waals surface area contributed by atoms with E-state index in [4.69, 9.17) is 9.84 Å². The van der Waals surface area contributed by atoms with Crippen molar-refractivity contribution in [1.29, 1.82) is 0 Å². The van der Waals surface area contributed by atoms with Crippen LogP contribution in [0, 0.1) is 0 Å². The third kappa shape index (κ3) is 5.66. The lowest BCUT2D eigenvalue weighted by Gasteiger charge is -2.27. The van der Waals surface area contributed by atoms with E-state index >= 15 is 0 Å². The Hall–Kier alpha value is -4.13. The average molecular weight is 499 g/mol. The highest BCUT2D eigenvalue weighted by atomic mass is 16.5. The standard InChI is InChI=1S/C30H34N4O3/c1-20(2)33(29(36)25-13-9-11-21-10-7-8-12-24(21)25)19-28(35)31-27-18-26(30(3,4)5)32-34(27)22-14-16-23(37-6)17-15-22/h7-18,20H,19H2,1-6H3,(H,31,35). The van der Waals surface area contributed by atoms with Gasteiger partial charge >= 0.3 is 0 Å². The fraction of sp³-hybridized carbons (Fsp3) is 0.300. The van der Waals surface area contributed by atoms with Crippen molar-refractivity contribution in [1.82, 2.24) is 14.7 Å². The van der Waals surface area contributed by atoms with Gasteiger partial charge in [-0.25, -0.2) is 4.68 Å². The van der Waals surface area contributed by atoms with Crippen LogP contribution < -0.4 is 10.1 Å². The van der Waals surface area contributed by atoms with Crippen LogP contribution in [0.15, 0.2) is 72.8 Å². The van der Waals surface area contributed by atoms with Crippen molar-refractivity contribution in [2.75, 3.05) is 19.0 Å². The molecule has 4 rings (SSSR count). The quantitative estimate of drug-likeness (QED) is 0.348. The van der Waals surface area contributed by atoms with Crippen LogP contribution in [0.1, 0.15) is 50.7 Å². The number of nitrogens with zero attached hydrogens (tertiary/aromatic N) is 3. The topological polar surface area (TPSA) is 76.5 Å². The SMILES string of the molecule is COc1ccc(-n2nc(C(C)(C)C)cc2NC(=O)CN(C(=O)c2cccc3ccccc23)C(C)C)cc1. The van der Waals surface area contributed by atoms with Crippen molar-refractivity contribution in [3.8, 4) is 11.4 Å². The Morgan fingerprint density at radius 3 is 2.32 bits per heavy atom. The molecule has 0 aliphatic heterocycles. The summed E-state index contributed by atoms with van der Waals surface area (Å²) in [7, 11) is 1.62. The summed E-state index contributed by atoms with van der Waals surface area (Å²) in [6.07, 6.45) is 0. The Morgan fingerprint density at radius 1 is 1.00 bits per heavy atom. The first-order chi connectivity index (χ1) is 17.6. The van der Waals surface area contributed by atoms with E-state index in [2.05, 4.69) is 26.1 Å². The Kier molecular flexibility index (Phi) is 7.34. The molecule has 0 saturated carbocycles. The molecule has 0 fully saturated rings. The van der Waals surface area contributed by atoms with Gasteiger partial charge in [0.25, 0.3) is 5.91 Å². The highest BCUT2D eigenvalue weighted by molar-refractivity contribution is 6.08. The Morgan fingerprint density at radius 2 is 1.68 bits per heavy atom. The first-order valence-electron chi connectivity index (χ1n) is 12.4. The number of fused-ring (bicyclic) bond motifs is 1. The molecule has 37 heavy (non-hydrogen) atoms. The molecule has 0 saturated heterocycles. The number of amides is 2. The van der Waals surface area contributed by atoms with Crippen LogP contribution >= 0.6 is 0 Å². The maximum absolute atomic E-state index is 13.6. The maximum atomic E-state index is 13.6. The number of methoxy groups -OCH3 is 1. The van der Waals surface area contributed by atoms with Crippen molar-refractivity contribution < 1.29 is 14.3 Å². The van der Waals surface area contributed by atoms with Gasteiger partial charge in [0.1, 0.15) is 18.1 Å². The fourth-order valence-electron chi connectivity index (χ4n) is 4.15. The summed E-state index contributed by atoms with van der Waals surface area (Å²) in [5.74, 6) is 0.803. The van der Waals surface area contributed by atoms with Gasteiger partial charge in [-0.2, -0.15) is 5.10 Å². The van der Waals surface area contributed by atoms with E-state index < -0.39 is 0 Å². The third-order valence-corrected chi connectivity index (χ3v) is 6.28. The number of anilines is 1. The van der Waals surface area contributed by atoms with Crippen LogP contribution in [0.4, 0.5) is 5.82 Å². The zero-order valence-electron chi connectivity index (χ0n) is 22.3. The number of nitrogens with one attached hydrogen (secondary N) is 1. The van der Waals surface area contributed by atoms with Crippen LogP contribution in [-0.4, -0.2) is 46.2 Å². The van der Waals surface area contributed by atoms with Gasteiger partial charge in [0, 0.05) is 23.1 Å². The second-order valence-corrected chi connectivity index (χ2v) is 10.4. The number of carbonyl (C=O) groups excluding carboxylic acids is 2. The predicted molar refractivity (Wildman–Crippen MR) is 148 cm³/mol. The fourth-order valence-corrected chi connectivity index (χ4v) is 4.15. The van der Waals surface area contributed by atoms with Crippen molar-refractivity contribution in [2.24, 2.45) is 0 Å². The first kappa shape index (κ1) is 25.9. The summed E-state index contributed by atoms with van der Waals surface area (Å²) >= 11 is 0. The van der Waals surface area contributed by atoms with Crippen molar-refractivity contribution in [3.05, 3.63) is 84.1 Å². The normalized spacial score (nSPS) is 11.5. The zero-order valence-corrected chi connectivity index (χ0v) is 22.3. The van der Waals surface area contributed by atoms with Crippen molar-refractivity contribution in [2.45, 2.75) is 46.1 Å². The molecule has 1 heterocycles. The molecule has 7 nitrogen and oxygen atoms in total. The number of hydrogen-bond acceptors (Lipinski definition) is 4. The number of ether oxygens (including phenoxy) is 1. The van der Waals surface area contributed by atoms with Crippen molar-refractivity contribution in [3.63, 3.8) is 0 Å². The molecule has 0 atom stereocenters. The lowest BCUT2D eigenvalue weighted by Crippen LogP contribution is -2.42. The smallest absolute Gasteiger partial charge is 0.255 e. The Balaban J connectivity index is 1.61. The minimum Gasteiger partial charge on any atom is -0.497 e. The van der Waals surface area contributed by atoms with Gasteiger partial charge in [-0.3, -0.25) is 9.59 Å². The van der Waals surface area contributed by atoms with Crippen LogP contribution in [0.3, 0.4) is 0 Å². The molecule has 0 unspecified atom stereocenters. The van der Waals surface area contributed by atoms with Gasteiger partial charge in [-0.1, -0.05) is 57.2 Å². The summed E-state index contributed by atoms with van der Waals surface area (Å²) in [4.78, 5) is 28.5. The monoisotopic (exact) mass is 498 g/mol. The summed E-state index contributed by atoms with van der Waals surface area (Å²) in [6.45, 7) is 9.96. The number of carbonyl (C=O) groups is 2. The van der Waals surface area contributed by atoms with E-state index in [1.807, 2.05) is 86.6 Å². The van der Waals surface area contributed by atoms with E-state index in [0.29, 0.717) is 11.4 Å². The van der Waals surface area contributed by atoms with E-state index in [9.17, 15) is 9.59 Å². The van der Waals surface area contributed by atoms with Gasteiger partial charge in [-0.05, 0) is 55.0 Å². The molecular formula is C30H34N4O3. The van der Waals surface area contributed by atoms with Crippen LogP contribution in [0.5, 0.6) is 5.75 Å². The summed E-state index contributed by atoms with van der Waals surface area (Å²) in [5.41, 5.74) is 1.99. The highest BCUT2D eigenvalue weighted by Gasteiger charge is 2.25. The van der Waals surface area contributed by atoms with Crippen LogP contribution in [0.25, 0.3) is 16.5 Å². The molecule has 192 valence electrons. The number of hydrogen-bond donors (Lipinski definition) is 1. The second kappa shape index (κ2) is 10.5. The van der Waals surface area contributed by atoms with E-state index in [0.717, 1.165) is 27.9 Å². The van der Waals surface area contributed by atoms with E-state index in [1.165, 1.54) is 0 Å². The van der Waals surface area contributed by atoms with Gasteiger partial charge in [0.15, 0.2) is 0 Å². The maximum Gasteiger partial charge on any atom is 0.255 e. The van der Waals surface area contributed by atoms with Crippen LogP contribution in [-0.2, 0) is 10.2 Å². The van der Waals surface area contributed by atoms with E-state index in [-0.39, 0.29) is 29.8 Å². The minimum atomic E-state index is -0.294. The van der Waals surface area contributed by atoms with Gasteiger partial charge in [0.2, 0.25) is 5.91 Å². The lowest BCUT2D eigenvalue weighted by molar-refractivity contribution is -0.117. The largest absolute Gasteiger partial charge is 0.497 e. The number of aromatic nitrogens is 2. The van der Waals surface area contributed by atoms with E-state index in [1.54, 1.807) is 16.7 Å². The molecule has 0 aliphatic carbocycles. The Bertz CT molecular complexity index is 1410. The molecule has 0 aliphatic rings. The van der Waals surface area contributed by atoms with Gasteiger partial charge < -0.3 is 15.0 Å². The lowest BCUT2D eigenvalue weighted by atomic mass is 9.92. The van der Waals surface area contributed by atoms with Gasteiger partial charge in [-0.15, -0.1) is 0 Å². The molecule has 1 N–H and O–H groups in total. The Labute approximate surface area is 218 Å². The molecule has 1 aromatic heterocycles. The summed E-state index contributed by atoms with van der Waals surface area (Å²) < 4.78 is 6.99. The number of rotatable bonds is 7. The minimum absolute atomic E-state index is 0.0850. The third-order valence-electron chi connectivity index (χ3n) is 6.28. The summed E-state index contributed by atoms with van der Waals surface area (Å²) in [6, 6.07) is 22.6. The molecule has 0 spiro atoms. The first-order valence-corrected chi connectivity index (χ1v) is 12.4. The summed E-state index contributed by atoms with van der Waals surface area (Å²) in [5, 5.41) is 9.62. The molecule has 3 aromatic carbocycles. The van der Waals surface area contributed by atoms with Crippen LogP contribution in [0.2, 0.25) is 0 Å². The average Bonchev–Trinajstić information content (AvgIpc) is 3.30. The molecule has 0 bridgehead atoms. The van der Waals surface area contributed by atoms with Gasteiger partial charge in [0.05, 0.1) is 18.5 Å². The molecule has 0 radical (unpaired) electrons. The second-order valence-electron chi connectivity index (χ2n) is 10.4. The number of benzene rings is 3. The predicted octanol–water partition coefficient (Wildman–Crippen LogP) is 5.82. The molecule has 7 heteroatoms. The zero-order chi connectivity index (χ0) is 26.7. The molecular weight excluding hydrogens is 464 g/mol. The van der Waals surface area contributed by atoms with Crippen molar-refractivity contribution >= 4 is 28.4 Å². The molecule has 4 aromatic rings. The highest BCUT2D eigenvalue weighted by Crippen LogP contribution is 2.27. The molecule has 2 amide bonds.